The molecular weight excluding hydrogens is 416 g/mol. The van der Waals surface area contributed by atoms with Crippen molar-refractivity contribution in [1.29, 1.82) is 0 Å². The minimum absolute atomic E-state index is 0.0154. The van der Waals surface area contributed by atoms with E-state index in [9.17, 15) is 9.59 Å². The van der Waals surface area contributed by atoms with E-state index >= 15 is 0 Å². The van der Waals surface area contributed by atoms with E-state index in [0.29, 0.717) is 25.9 Å². The van der Waals surface area contributed by atoms with Crippen LogP contribution in [0.5, 0.6) is 0 Å². The van der Waals surface area contributed by atoms with Crippen LogP contribution in [0.3, 0.4) is 0 Å². The summed E-state index contributed by atoms with van der Waals surface area (Å²) in [6, 6.07) is 22.4. The molecule has 1 aliphatic rings. The van der Waals surface area contributed by atoms with Crippen molar-refractivity contribution in [3.63, 3.8) is 0 Å². The van der Waals surface area contributed by atoms with Gasteiger partial charge in [0, 0.05) is 23.9 Å². The molecule has 1 heterocycles. The maximum absolute atomic E-state index is 13.4. The number of aryl methyl sites for hydroxylation is 2. The summed E-state index contributed by atoms with van der Waals surface area (Å²) in [4.78, 5) is 31.4. The second-order valence-electron chi connectivity index (χ2n) is 8.50. The number of carbonyl (C=O) groups excluding carboxylic acids is 2. The fraction of sp³-hybridized carbons (Fsp3) is 0.333. The highest BCUT2D eigenvalue weighted by Crippen LogP contribution is 2.28. The van der Waals surface area contributed by atoms with Crippen LogP contribution in [0.2, 0.25) is 0 Å². The zero-order valence-corrected chi connectivity index (χ0v) is 19.4. The van der Waals surface area contributed by atoms with Gasteiger partial charge < -0.3 is 9.80 Å². The lowest BCUT2D eigenvalue weighted by atomic mass is 10.1. The van der Waals surface area contributed by atoms with Gasteiger partial charge in [-0.2, -0.15) is 0 Å². The number of amides is 2. The molecule has 1 aliphatic carbocycles. The van der Waals surface area contributed by atoms with Crippen molar-refractivity contribution < 1.29 is 9.59 Å². The van der Waals surface area contributed by atoms with E-state index in [-0.39, 0.29) is 24.4 Å². The van der Waals surface area contributed by atoms with Crippen LogP contribution < -0.4 is 0 Å². The predicted octanol–water partition coefficient (Wildman–Crippen LogP) is 5.21. The molecule has 0 spiro atoms. The summed E-state index contributed by atoms with van der Waals surface area (Å²) in [7, 11) is 0. The first-order valence-electron chi connectivity index (χ1n) is 11.3. The molecule has 5 heteroatoms. The molecule has 0 atom stereocenters. The van der Waals surface area contributed by atoms with Crippen molar-refractivity contribution in [3.8, 4) is 0 Å². The molecular formula is C27H30N2O2S. The second-order valence-corrected chi connectivity index (χ2v) is 9.50. The highest BCUT2D eigenvalue weighted by molar-refractivity contribution is 7.10. The predicted molar refractivity (Wildman–Crippen MR) is 129 cm³/mol. The van der Waals surface area contributed by atoms with Gasteiger partial charge in [0.05, 0.1) is 6.54 Å². The van der Waals surface area contributed by atoms with Crippen LogP contribution in [0.25, 0.3) is 0 Å². The summed E-state index contributed by atoms with van der Waals surface area (Å²) in [5.74, 6) is 0.0956. The van der Waals surface area contributed by atoms with Gasteiger partial charge in [0.2, 0.25) is 11.8 Å². The van der Waals surface area contributed by atoms with E-state index in [1.54, 1.807) is 11.3 Å². The zero-order chi connectivity index (χ0) is 22.3. The maximum Gasteiger partial charge on any atom is 0.242 e. The lowest BCUT2D eigenvalue weighted by molar-refractivity contribution is -0.141. The molecule has 1 saturated carbocycles. The minimum Gasteiger partial charge on any atom is -0.332 e. The Morgan fingerprint density at radius 1 is 0.875 bits per heavy atom. The van der Waals surface area contributed by atoms with Crippen molar-refractivity contribution in [2.75, 3.05) is 6.54 Å². The Balaban J connectivity index is 1.44. The van der Waals surface area contributed by atoms with Crippen molar-refractivity contribution in [2.45, 2.75) is 51.7 Å². The smallest absolute Gasteiger partial charge is 0.242 e. The molecule has 4 nitrogen and oxygen atoms in total. The topological polar surface area (TPSA) is 40.6 Å². The largest absolute Gasteiger partial charge is 0.332 e. The van der Waals surface area contributed by atoms with Gasteiger partial charge in [-0.25, -0.2) is 0 Å². The SMILES string of the molecule is Cc1ccsc1CN(Cc1ccccc1)C(=O)CN(C(=O)CCc1ccccc1)C1CC1. The molecule has 166 valence electrons. The second kappa shape index (κ2) is 10.6. The van der Waals surface area contributed by atoms with Crippen LogP contribution in [0.1, 0.15) is 40.8 Å². The van der Waals surface area contributed by atoms with Gasteiger partial charge in [-0.1, -0.05) is 60.7 Å². The van der Waals surface area contributed by atoms with Crippen molar-refractivity contribution in [2.24, 2.45) is 0 Å². The average molecular weight is 447 g/mol. The van der Waals surface area contributed by atoms with Gasteiger partial charge in [0.15, 0.2) is 0 Å². The lowest BCUT2D eigenvalue weighted by Crippen LogP contribution is -2.43. The fourth-order valence-corrected chi connectivity index (χ4v) is 4.79. The van der Waals surface area contributed by atoms with Crippen LogP contribution >= 0.6 is 11.3 Å². The number of benzene rings is 2. The Morgan fingerprint density at radius 3 is 2.12 bits per heavy atom. The standard InChI is InChI=1S/C27H30N2O2S/c1-21-16-17-32-25(21)19-28(18-23-10-6-3-7-11-23)27(31)20-29(24-13-14-24)26(30)15-12-22-8-4-2-5-9-22/h2-11,16-17,24H,12-15,18-20H2,1H3. The Labute approximate surface area is 194 Å². The van der Waals surface area contributed by atoms with E-state index in [2.05, 4.69) is 18.4 Å². The third kappa shape index (κ3) is 6.07. The summed E-state index contributed by atoms with van der Waals surface area (Å²) in [6.45, 7) is 3.37. The molecule has 0 radical (unpaired) electrons. The molecule has 32 heavy (non-hydrogen) atoms. The van der Waals surface area contributed by atoms with E-state index in [1.165, 1.54) is 10.4 Å². The van der Waals surface area contributed by atoms with Crippen molar-refractivity contribution >= 4 is 23.2 Å². The average Bonchev–Trinajstić information content (AvgIpc) is 3.58. The molecule has 1 aromatic heterocycles. The first kappa shape index (κ1) is 22.3. The fourth-order valence-electron chi connectivity index (χ4n) is 3.87. The summed E-state index contributed by atoms with van der Waals surface area (Å²) >= 11 is 1.68. The zero-order valence-electron chi connectivity index (χ0n) is 18.6. The van der Waals surface area contributed by atoms with Gasteiger partial charge in [-0.05, 0) is 54.3 Å². The number of hydrogen-bond acceptors (Lipinski definition) is 3. The molecule has 2 amide bonds. The monoisotopic (exact) mass is 446 g/mol. The normalized spacial score (nSPS) is 13.0. The first-order chi connectivity index (χ1) is 15.6. The summed E-state index contributed by atoms with van der Waals surface area (Å²) in [5.41, 5.74) is 3.46. The van der Waals surface area contributed by atoms with Crippen LogP contribution in [-0.2, 0) is 29.1 Å². The highest BCUT2D eigenvalue weighted by Gasteiger charge is 2.34. The van der Waals surface area contributed by atoms with Gasteiger partial charge in [-0.3, -0.25) is 9.59 Å². The highest BCUT2D eigenvalue weighted by atomic mass is 32.1. The summed E-state index contributed by atoms with van der Waals surface area (Å²) in [5, 5.41) is 2.07. The molecule has 0 unspecified atom stereocenters. The molecule has 0 bridgehead atoms. The number of thiophene rings is 1. The number of carbonyl (C=O) groups is 2. The van der Waals surface area contributed by atoms with Crippen LogP contribution in [0, 0.1) is 6.92 Å². The molecule has 3 aromatic rings. The van der Waals surface area contributed by atoms with Gasteiger partial charge in [0.1, 0.15) is 6.54 Å². The van der Waals surface area contributed by atoms with E-state index < -0.39 is 0 Å². The summed E-state index contributed by atoms with van der Waals surface area (Å²) < 4.78 is 0. The van der Waals surface area contributed by atoms with E-state index in [4.69, 9.17) is 0 Å². The third-order valence-electron chi connectivity index (χ3n) is 5.96. The van der Waals surface area contributed by atoms with Crippen molar-refractivity contribution in [1.82, 2.24) is 9.80 Å². The van der Waals surface area contributed by atoms with Gasteiger partial charge >= 0.3 is 0 Å². The van der Waals surface area contributed by atoms with Crippen LogP contribution in [0.15, 0.2) is 72.1 Å². The molecule has 0 aliphatic heterocycles. The number of nitrogens with zero attached hydrogens (tertiary/aromatic N) is 2. The molecule has 0 saturated heterocycles. The maximum atomic E-state index is 13.4. The van der Waals surface area contributed by atoms with E-state index in [1.807, 2.05) is 70.5 Å². The molecule has 2 aromatic carbocycles. The van der Waals surface area contributed by atoms with Crippen LogP contribution in [-0.4, -0.2) is 34.2 Å². The quantitative estimate of drug-likeness (QED) is 0.429. The molecule has 0 N–H and O–H groups in total. The number of rotatable bonds is 10. The van der Waals surface area contributed by atoms with Crippen molar-refractivity contribution in [3.05, 3.63) is 93.7 Å². The Morgan fingerprint density at radius 2 is 1.53 bits per heavy atom. The van der Waals surface area contributed by atoms with E-state index in [0.717, 1.165) is 24.0 Å². The molecule has 4 rings (SSSR count). The Hall–Kier alpha value is -2.92. The molecule has 1 fully saturated rings. The van der Waals surface area contributed by atoms with Gasteiger partial charge in [0.25, 0.3) is 0 Å². The number of hydrogen-bond donors (Lipinski definition) is 0. The lowest BCUT2D eigenvalue weighted by Gasteiger charge is -2.28. The van der Waals surface area contributed by atoms with Gasteiger partial charge in [-0.15, -0.1) is 11.3 Å². The minimum atomic E-state index is 0.0154. The Kier molecular flexibility index (Phi) is 7.38. The summed E-state index contributed by atoms with van der Waals surface area (Å²) in [6.07, 6.45) is 3.13. The van der Waals surface area contributed by atoms with Crippen LogP contribution in [0.4, 0.5) is 0 Å². The Bertz CT molecular complexity index is 1030. The first-order valence-corrected chi connectivity index (χ1v) is 12.2. The third-order valence-corrected chi connectivity index (χ3v) is 6.96.